The van der Waals surface area contributed by atoms with E-state index in [-0.39, 0.29) is 11.7 Å². The van der Waals surface area contributed by atoms with Crippen LogP contribution in [0.1, 0.15) is 20.8 Å². The summed E-state index contributed by atoms with van der Waals surface area (Å²) < 4.78 is 1.00. The molecular weight excluding hydrogens is 452 g/mol. The highest BCUT2D eigenvalue weighted by Crippen LogP contribution is 2.30. The van der Waals surface area contributed by atoms with E-state index in [1.807, 2.05) is 37.3 Å². The number of anilines is 3. The van der Waals surface area contributed by atoms with E-state index in [9.17, 15) is 9.90 Å². The number of rotatable bonds is 4. The molecule has 2 aromatic heterocycles. The van der Waals surface area contributed by atoms with Gasteiger partial charge in [-0.2, -0.15) is 0 Å². The van der Waals surface area contributed by atoms with Crippen LogP contribution in [0.25, 0.3) is 10.9 Å². The van der Waals surface area contributed by atoms with E-state index in [4.69, 9.17) is 0 Å². The second-order valence-corrected chi connectivity index (χ2v) is 8.49. The number of thiazole rings is 1. The molecule has 0 bridgehead atoms. The van der Waals surface area contributed by atoms with Crippen molar-refractivity contribution in [2.24, 2.45) is 0 Å². The van der Waals surface area contributed by atoms with Crippen LogP contribution in [0.3, 0.4) is 0 Å². The predicted molar refractivity (Wildman–Crippen MR) is 120 cm³/mol. The van der Waals surface area contributed by atoms with Gasteiger partial charge in [0.15, 0.2) is 5.13 Å². The molecule has 0 atom stereocenters. The highest BCUT2D eigenvalue weighted by atomic mass is 79.9. The van der Waals surface area contributed by atoms with Gasteiger partial charge in [0.25, 0.3) is 5.91 Å². The molecule has 4 rings (SSSR count). The summed E-state index contributed by atoms with van der Waals surface area (Å²) >= 11 is 4.69. The zero-order valence-electron chi connectivity index (χ0n) is 15.7. The number of aromatic hydroxyl groups is 1. The summed E-state index contributed by atoms with van der Waals surface area (Å²) in [6.45, 7) is 3.65. The van der Waals surface area contributed by atoms with Gasteiger partial charge in [0.2, 0.25) is 0 Å². The zero-order chi connectivity index (χ0) is 20.5. The quantitative estimate of drug-likeness (QED) is 0.353. The van der Waals surface area contributed by atoms with Crippen molar-refractivity contribution in [1.82, 2.24) is 9.97 Å². The number of fused-ring (bicyclic) bond motifs is 1. The Labute approximate surface area is 179 Å². The number of halogens is 1. The van der Waals surface area contributed by atoms with Crippen molar-refractivity contribution < 1.29 is 9.90 Å². The summed E-state index contributed by atoms with van der Waals surface area (Å²) in [4.78, 5) is 21.9. The maximum Gasteiger partial charge on any atom is 0.267 e. The Morgan fingerprint density at radius 2 is 1.97 bits per heavy atom. The van der Waals surface area contributed by atoms with E-state index in [1.54, 1.807) is 19.1 Å². The molecule has 146 valence electrons. The normalized spacial score (nSPS) is 10.9. The third kappa shape index (κ3) is 4.08. The van der Waals surface area contributed by atoms with Gasteiger partial charge in [-0.25, -0.2) is 9.97 Å². The molecule has 0 saturated heterocycles. The number of phenols is 1. The predicted octanol–water partition coefficient (Wildman–Crippen LogP) is 5.77. The van der Waals surface area contributed by atoms with Crippen LogP contribution in [0.2, 0.25) is 0 Å². The number of carbonyl (C=O) groups excluding carboxylic acids is 1. The molecule has 3 N–H and O–H groups in total. The Morgan fingerprint density at radius 3 is 2.79 bits per heavy atom. The molecule has 6 nitrogen and oxygen atoms in total. The van der Waals surface area contributed by atoms with E-state index in [2.05, 4.69) is 36.5 Å². The van der Waals surface area contributed by atoms with Crippen molar-refractivity contribution in [3.8, 4) is 5.75 Å². The van der Waals surface area contributed by atoms with Gasteiger partial charge in [-0.05, 0) is 55.8 Å². The average molecular weight is 469 g/mol. The lowest BCUT2D eigenvalue weighted by Gasteiger charge is -2.11. The third-order valence-electron chi connectivity index (χ3n) is 4.50. The van der Waals surface area contributed by atoms with Gasteiger partial charge in [0.1, 0.15) is 16.4 Å². The smallest absolute Gasteiger partial charge is 0.267 e. The number of hydrogen-bond acceptors (Lipinski definition) is 6. The molecule has 0 aliphatic heterocycles. The van der Waals surface area contributed by atoms with Crippen molar-refractivity contribution in [3.05, 3.63) is 69.1 Å². The van der Waals surface area contributed by atoms with Crippen LogP contribution < -0.4 is 10.6 Å². The lowest BCUT2D eigenvalue weighted by atomic mass is 10.1. The number of phenolic OH excluding ortho intramolecular Hbond substituents is 1. The van der Waals surface area contributed by atoms with Crippen molar-refractivity contribution in [1.29, 1.82) is 0 Å². The topological polar surface area (TPSA) is 87.1 Å². The molecular formula is C21H17BrN4O2S. The molecule has 0 aliphatic rings. The fraction of sp³-hybridized carbons (Fsp3) is 0.0952. The average Bonchev–Trinajstić information content (AvgIpc) is 3.17. The molecule has 29 heavy (non-hydrogen) atoms. The van der Waals surface area contributed by atoms with Crippen LogP contribution in [-0.2, 0) is 0 Å². The minimum absolute atomic E-state index is 0.145. The minimum Gasteiger partial charge on any atom is -0.508 e. The number of aromatic nitrogens is 2. The second kappa shape index (κ2) is 7.81. The number of nitrogens with one attached hydrogen (secondary N) is 2. The first-order chi connectivity index (χ1) is 13.9. The first kappa shape index (κ1) is 19.4. The highest BCUT2D eigenvalue weighted by molar-refractivity contribution is 9.10. The van der Waals surface area contributed by atoms with Crippen molar-refractivity contribution >= 4 is 60.7 Å². The summed E-state index contributed by atoms with van der Waals surface area (Å²) in [5.74, 6) is 0.524. The zero-order valence-corrected chi connectivity index (χ0v) is 18.1. The molecule has 2 heterocycles. The number of hydrogen-bond donors (Lipinski definition) is 3. The molecule has 0 fully saturated rings. The Bertz CT molecular complexity index is 1240. The maximum absolute atomic E-state index is 12.6. The summed E-state index contributed by atoms with van der Waals surface area (Å²) in [7, 11) is 0. The second-order valence-electron chi connectivity index (χ2n) is 6.54. The summed E-state index contributed by atoms with van der Waals surface area (Å²) in [6.07, 6.45) is 1.52. The monoisotopic (exact) mass is 468 g/mol. The number of nitrogens with zero attached hydrogens (tertiary/aromatic N) is 2. The Kier molecular flexibility index (Phi) is 5.21. The first-order valence-corrected chi connectivity index (χ1v) is 10.4. The van der Waals surface area contributed by atoms with E-state index in [0.29, 0.717) is 27.1 Å². The first-order valence-electron chi connectivity index (χ1n) is 8.80. The number of benzene rings is 2. The molecule has 0 spiro atoms. The number of pyridine rings is 1. The van der Waals surface area contributed by atoms with E-state index in [1.165, 1.54) is 17.5 Å². The summed E-state index contributed by atoms with van der Waals surface area (Å²) in [5, 5.41) is 17.5. The van der Waals surface area contributed by atoms with Gasteiger partial charge in [-0.3, -0.25) is 4.79 Å². The summed E-state index contributed by atoms with van der Waals surface area (Å²) in [5.41, 5.74) is 2.99. The fourth-order valence-corrected chi connectivity index (χ4v) is 4.01. The Morgan fingerprint density at radius 1 is 1.14 bits per heavy atom. The lowest BCUT2D eigenvalue weighted by molar-refractivity contribution is 0.103. The molecule has 2 aromatic carbocycles. The van der Waals surface area contributed by atoms with E-state index < -0.39 is 0 Å². The standard InChI is InChI=1S/C21H17BrN4O2S/c1-11-3-7-16(27)12(2)19(11)26-20(28)17-10-23-21(29-17)25-18-8-4-13-9-14(22)5-6-15(13)24-18/h3-10,27H,1-2H3,(H,26,28)(H,23,24,25). The van der Waals surface area contributed by atoms with Crippen LogP contribution in [0.4, 0.5) is 16.6 Å². The molecule has 4 aromatic rings. The van der Waals surface area contributed by atoms with E-state index >= 15 is 0 Å². The largest absolute Gasteiger partial charge is 0.508 e. The van der Waals surface area contributed by atoms with Crippen molar-refractivity contribution in [2.75, 3.05) is 10.6 Å². The van der Waals surface area contributed by atoms with Crippen molar-refractivity contribution in [3.63, 3.8) is 0 Å². The van der Waals surface area contributed by atoms with Crippen LogP contribution in [-0.4, -0.2) is 21.0 Å². The lowest BCUT2D eigenvalue weighted by Crippen LogP contribution is -2.12. The molecule has 0 saturated carbocycles. The number of carbonyl (C=O) groups is 1. The number of amides is 1. The van der Waals surface area contributed by atoms with Gasteiger partial charge < -0.3 is 15.7 Å². The van der Waals surface area contributed by atoms with Gasteiger partial charge in [0, 0.05) is 15.4 Å². The molecule has 8 heteroatoms. The van der Waals surface area contributed by atoms with Crippen LogP contribution in [0.15, 0.2) is 53.1 Å². The van der Waals surface area contributed by atoms with Gasteiger partial charge in [-0.1, -0.05) is 33.3 Å². The Hall–Kier alpha value is -2.97. The van der Waals surface area contributed by atoms with Gasteiger partial charge in [-0.15, -0.1) is 0 Å². The molecule has 0 unspecified atom stereocenters. The van der Waals surface area contributed by atoms with Gasteiger partial charge >= 0.3 is 0 Å². The maximum atomic E-state index is 12.6. The van der Waals surface area contributed by atoms with Crippen LogP contribution >= 0.6 is 27.3 Å². The SMILES string of the molecule is Cc1ccc(O)c(C)c1NC(=O)c1cnc(Nc2ccc3cc(Br)ccc3n2)s1. The molecule has 0 radical (unpaired) electrons. The third-order valence-corrected chi connectivity index (χ3v) is 5.90. The van der Waals surface area contributed by atoms with Gasteiger partial charge in [0.05, 0.1) is 17.4 Å². The molecule has 0 aliphatic carbocycles. The minimum atomic E-state index is -0.274. The molecule has 1 amide bonds. The van der Waals surface area contributed by atoms with Crippen molar-refractivity contribution in [2.45, 2.75) is 13.8 Å². The highest BCUT2D eigenvalue weighted by Gasteiger charge is 2.15. The van der Waals surface area contributed by atoms with Crippen LogP contribution in [0.5, 0.6) is 5.75 Å². The van der Waals surface area contributed by atoms with E-state index in [0.717, 1.165) is 20.9 Å². The summed E-state index contributed by atoms with van der Waals surface area (Å²) in [6, 6.07) is 13.1. The van der Waals surface area contributed by atoms with Crippen LogP contribution in [0, 0.1) is 13.8 Å². The fourth-order valence-electron chi connectivity index (χ4n) is 2.92. The number of aryl methyl sites for hydroxylation is 1. The Balaban J connectivity index is 1.52.